The van der Waals surface area contributed by atoms with E-state index in [0.717, 1.165) is 11.6 Å². The fourth-order valence-corrected chi connectivity index (χ4v) is 3.01. The lowest BCUT2D eigenvalue weighted by Gasteiger charge is -2.27. The molecule has 2 aromatic rings. The molecule has 0 bridgehead atoms. The maximum absolute atomic E-state index is 12.5. The predicted octanol–water partition coefficient (Wildman–Crippen LogP) is 3.17. The second kappa shape index (κ2) is 7.28. The average Bonchev–Trinajstić information content (AvgIpc) is 2.59. The topological polar surface area (TPSA) is 89.0 Å². The Hall–Kier alpha value is -2.98. The maximum Gasteiger partial charge on any atom is 0.338 e. The first kappa shape index (κ1) is 18.4. The third kappa shape index (κ3) is 3.59. The quantitative estimate of drug-likeness (QED) is 0.350. The van der Waals surface area contributed by atoms with Gasteiger partial charge in [0.25, 0.3) is 0 Å². The second-order valence-corrected chi connectivity index (χ2v) is 6.31. The van der Waals surface area contributed by atoms with Crippen LogP contribution in [-0.2, 0) is 14.9 Å². The third-order valence-electron chi connectivity index (χ3n) is 4.16. The van der Waals surface area contributed by atoms with Crippen LogP contribution in [0.25, 0.3) is 16.3 Å². The Morgan fingerprint density at radius 1 is 1.20 bits per heavy atom. The fourth-order valence-electron chi connectivity index (χ4n) is 3.01. The minimum Gasteiger partial charge on any atom is -0.496 e. The van der Waals surface area contributed by atoms with Crippen LogP contribution in [-0.4, -0.2) is 37.0 Å². The monoisotopic (exact) mass is 340 g/mol. The lowest BCUT2D eigenvalue weighted by Crippen LogP contribution is -2.26. The van der Waals surface area contributed by atoms with Gasteiger partial charge in [-0.25, -0.2) is 4.79 Å². The molecule has 0 aliphatic carbocycles. The number of hydrogen-bond acceptors (Lipinski definition) is 4. The molecule has 0 spiro atoms. The van der Waals surface area contributed by atoms with E-state index in [4.69, 9.17) is 15.0 Å². The molecule has 0 fully saturated rings. The van der Waals surface area contributed by atoms with Crippen molar-refractivity contribution in [3.8, 4) is 5.75 Å². The summed E-state index contributed by atoms with van der Waals surface area (Å²) in [5.74, 6) is -0.227. The molecule has 0 N–H and O–H groups in total. The van der Waals surface area contributed by atoms with Crippen LogP contribution in [0.5, 0.6) is 5.75 Å². The van der Waals surface area contributed by atoms with Gasteiger partial charge in [-0.1, -0.05) is 38.1 Å². The number of carbonyl (C=O) groups is 2. The molecule has 0 aromatic heterocycles. The summed E-state index contributed by atoms with van der Waals surface area (Å²) < 4.78 is 10.5. The SMILES string of the molecule is COC(=O)c1c(C(C)(C)CC(=O)C=[N+]=[N-])cc(OC)c2ccccc12. The molecule has 0 radical (unpaired) electrons. The van der Waals surface area contributed by atoms with Gasteiger partial charge in [-0.2, -0.15) is 4.79 Å². The lowest BCUT2D eigenvalue weighted by molar-refractivity contribution is -0.117. The summed E-state index contributed by atoms with van der Waals surface area (Å²) >= 11 is 0. The van der Waals surface area contributed by atoms with Crippen molar-refractivity contribution in [2.45, 2.75) is 25.7 Å². The molecule has 6 nitrogen and oxygen atoms in total. The van der Waals surface area contributed by atoms with Crippen LogP contribution in [0.4, 0.5) is 0 Å². The molecule has 0 aliphatic rings. The molecule has 2 rings (SSSR count). The Kier molecular flexibility index (Phi) is 5.35. The number of benzene rings is 2. The summed E-state index contributed by atoms with van der Waals surface area (Å²) in [6, 6.07) is 9.13. The Morgan fingerprint density at radius 3 is 2.40 bits per heavy atom. The first-order chi connectivity index (χ1) is 11.9. The van der Waals surface area contributed by atoms with Crippen molar-refractivity contribution < 1.29 is 23.9 Å². The minimum atomic E-state index is -0.709. The molecule has 0 atom stereocenters. The number of esters is 1. The molecule has 0 unspecified atom stereocenters. The van der Waals surface area contributed by atoms with E-state index in [1.165, 1.54) is 7.11 Å². The molecule has 2 aromatic carbocycles. The Bertz CT molecular complexity index is 880. The summed E-state index contributed by atoms with van der Waals surface area (Å²) in [6.45, 7) is 3.68. The van der Waals surface area contributed by atoms with Crippen molar-refractivity contribution in [3.63, 3.8) is 0 Å². The van der Waals surface area contributed by atoms with E-state index < -0.39 is 11.4 Å². The van der Waals surface area contributed by atoms with Gasteiger partial charge in [-0.05, 0) is 17.0 Å². The van der Waals surface area contributed by atoms with Gasteiger partial charge in [-0.15, -0.1) is 0 Å². The normalized spacial score (nSPS) is 10.9. The van der Waals surface area contributed by atoms with Crippen LogP contribution in [0, 0.1) is 0 Å². The number of rotatable bonds is 6. The van der Waals surface area contributed by atoms with Gasteiger partial charge >= 0.3 is 12.2 Å². The van der Waals surface area contributed by atoms with E-state index >= 15 is 0 Å². The summed E-state index contributed by atoms with van der Waals surface area (Å²) in [4.78, 5) is 27.2. The number of Topliss-reactive ketones (excluding diaryl/α,β-unsaturated/α-hetero) is 1. The highest BCUT2D eigenvalue weighted by Gasteiger charge is 2.32. The first-order valence-corrected chi connectivity index (χ1v) is 7.74. The Labute approximate surface area is 146 Å². The number of fused-ring (bicyclic) bond motifs is 1. The van der Waals surface area contributed by atoms with Gasteiger partial charge in [-0.3, -0.25) is 4.79 Å². The summed E-state index contributed by atoms with van der Waals surface area (Å²) in [5.41, 5.74) is 8.89. The van der Waals surface area contributed by atoms with Crippen molar-refractivity contribution in [1.29, 1.82) is 0 Å². The lowest BCUT2D eigenvalue weighted by atomic mass is 9.76. The molecule has 0 heterocycles. The van der Waals surface area contributed by atoms with Crippen molar-refractivity contribution in [3.05, 3.63) is 47.0 Å². The molecule has 6 heteroatoms. The van der Waals surface area contributed by atoms with Gasteiger partial charge in [0, 0.05) is 17.2 Å². The van der Waals surface area contributed by atoms with Gasteiger partial charge in [0.05, 0.1) is 19.8 Å². The second-order valence-electron chi connectivity index (χ2n) is 6.31. The van der Waals surface area contributed by atoms with Gasteiger partial charge in [0.1, 0.15) is 5.75 Å². The summed E-state index contributed by atoms with van der Waals surface area (Å²) in [6.07, 6.45) is 0.917. The number of carbonyl (C=O) groups excluding carboxylic acids is 2. The van der Waals surface area contributed by atoms with E-state index in [9.17, 15) is 9.59 Å². The van der Waals surface area contributed by atoms with Crippen molar-refractivity contribution in [2.24, 2.45) is 0 Å². The van der Waals surface area contributed by atoms with Crippen LogP contribution in [0.1, 0.15) is 36.2 Å². The highest BCUT2D eigenvalue weighted by atomic mass is 16.5. The summed E-state index contributed by atoms with van der Waals surface area (Å²) in [7, 11) is 2.88. The van der Waals surface area contributed by atoms with E-state index in [1.807, 2.05) is 38.1 Å². The van der Waals surface area contributed by atoms with E-state index in [1.54, 1.807) is 13.2 Å². The average molecular weight is 340 g/mol. The largest absolute Gasteiger partial charge is 0.496 e. The number of ketones is 1. The van der Waals surface area contributed by atoms with Gasteiger partial charge in [0.2, 0.25) is 5.78 Å². The fraction of sp³-hybridized carbons (Fsp3) is 0.316. The molecule has 0 aliphatic heterocycles. The maximum atomic E-state index is 12.5. The molecule has 0 saturated carbocycles. The van der Waals surface area contributed by atoms with Crippen LogP contribution >= 0.6 is 0 Å². The number of hydrogen-bond donors (Lipinski definition) is 0. The van der Waals surface area contributed by atoms with Crippen molar-refractivity contribution in [2.75, 3.05) is 14.2 Å². The van der Waals surface area contributed by atoms with Gasteiger partial charge in [0.15, 0.2) is 0 Å². The van der Waals surface area contributed by atoms with Crippen molar-refractivity contribution in [1.82, 2.24) is 0 Å². The number of methoxy groups -OCH3 is 2. The Morgan fingerprint density at radius 2 is 1.84 bits per heavy atom. The van der Waals surface area contributed by atoms with Crippen LogP contribution < -0.4 is 4.74 Å². The number of nitrogens with zero attached hydrogens (tertiary/aromatic N) is 2. The number of ether oxygens (including phenoxy) is 2. The van der Waals surface area contributed by atoms with E-state index in [2.05, 4.69) is 4.79 Å². The van der Waals surface area contributed by atoms with Crippen LogP contribution in [0.3, 0.4) is 0 Å². The standard InChI is InChI=1S/C19H20N2O4/c1-19(2,10-12(22)11-21-20)15-9-16(24-3)13-7-5-6-8-14(13)17(15)18(23)25-4/h5-9,11H,10H2,1-4H3. The Balaban J connectivity index is 2.79. The minimum absolute atomic E-state index is 0.0581. The zero-order valence-corrected chi connectivity index (χ0v) is 14.7. The zero-order chi connectivity index (χ0) is 18.6. The van der Waals surface area contributed by atoms with Crippen LogP contribution in [0.15, 0.2) is 30.3 Å². The van der Waals surface area contributed by atoms with E-state index in [0.29, 0.717) is 22.3 Å². The zero-order valence-electron chi connectivity index (χ0n) is 14.7. The smallest absolute Gasteiger partial charge is 0.338 e. The molecular weight excluding hydrogens is 320 g/mol. The molecule has 25 heavy (non-hydrogen) atoms. The molecule has 0 amide bonds. The van der Waals surface area contributed by atoms with Gasteiger partial charge < -0.3 is 15.0 Å². The summed E-state index contributed by atoms with van der Waals surface area (Å²) in [5, 5.41) is 1.48. The molecule has 130 valence electrons. The van der Waals surface area contributed by atoms with Crippen LogP contribution in [0.2, 0.25) is 0 Å². The third-order valence-corrected chi connectivity index (χ3v) is 4.16. The predicted molar refractivity (Wildman–Crippen MR) is 94.2 cm³/mol. The highest BCUT2D eigenvalue weighted by molar-refractivity contribution is 6.25. The van der Waals surface area contributed by atoms with Crippen molar-refractivity contribution >= 4 is 28.7 Å². The molecule has 0 saturated heterocycles. The van der Waals surface area contributed by atoms with E-state index in [-0.39, 0.29) is 12.2 Å². The first-order valence-electron chi connectivity index (χ1n) is 7.74. The highest BCUT2D eigenvalue weighted by Crippen LogP contribution is 2.39. The molecular formula is C19H20N2O4.